The third-order valence-corrected chi connectivity index (χ3v) is 0. The Hall–Kier alpha value is 7.81. The van der Waals surface area contributed by atoms with E-state index in [-0.39, 0.29) is 235 Å². The van der Waals surface area contributed by atoms with E-state index in [0.717, 1.165) is 0 Å². The fourth-order valence-electron chi connectivity index (χ4n) is 0. The Balaban J connectivity index is 0. The topological polar surface area (TPSA) is 0 Å². The molecule has 0 atom stereocenters. The summed E-state index contributed by atoms with van der Waals surface area (Å²) in [5.41, 5.74) is 0. The normalized spacial score (nSPS) is 0. The smallest absolute Gasteiger partial charge is 0 e. The molecule has 7 heavy (non-hydrogen) atoms. The molecule has 0 spiro atoms. The molecule has 0 aliphatic rings. The standard InChI is InChI=1S/3Sb.4Sm. The van der Waals surface area contributed by atoms with Gasteiger partial charge in [-0.3, -0.25) is 0 Å². The molecule has 0 fully saturated rings. The summed E-state index contributed by atoms with van der Waals surface area (Å²) < 4.78 is 0. The number of hydrogen-bond donors (Lipinski definition) is 0. The Labute approximate surface area is 227 Å². The molecule has 9 radical (unpaired) electrons. The summed E-state index contributed by atoms with van der Waals surface area (Å²) in [5, 5.41) is 0. The van der Waals surface area contributed by atoms with E-state index in [2.05, 4.69) is 0 Å². The summed E-state index contributed by atoms with van der Waals surface area (Å²) >= 11 is 0. The van der Waals surface area contributed by atoms with Gasteiger partial charge in [0.05, 0.1) is 0 Å². The van der Waals surface area contributed by atoms with Crippen molar-refractivity contribution in [1.82, 2.24) is 0 Å². The van der Waals surface area contributed by atoms with E-state index >= 15 is 0 Å². The second-order valence-electron chi connectivity index (χ2n) is 0. The summed E-state index contributed by atoms with van der Waals surface area (Å²) in [4.78, 5) is 0. The van der Waals surface area contributed by atoms with Crippen LogP contribution in [0.4, 0.5) is 0 Å². The molecule has 0 bridgehead atoms. The van der Waals surface area contributed by atoms with Gasteiger partial charge in [0, 0.05) is 235 Å². The predicted molar refractivity (Wildman–Crippen MR) is 17.3 cm³/mol. The van der Waals surface area contributed by atoms with E-state index in [1.54, 1.807) is 0 Å². The van der Waals surface area contributed by atoms with Crippen LogP contribution in [-0.2, 0) is 0 Å². The molecular weight excluding hydrogens is 967 g/mol. The van der Waals surface area contributed by atoms with Crippen LogP contribution in [0.15, 0.2) is 0 Å². The van der Waals surface area contributed by atoms with E-state index in [1.165, 1.54) is 0 Å². The van der Waals surface area contributed by atoms with Gasteiger partial charge in [0.2, 0.25) is 0 Å². The van der Waals surface area contributed by atoms with E-state index in [9.17, 15) is 0 Å². The molecule has 0 aliphatic heterocycles. The summed E-state index contributed by atoms with van der Waals surface area (Å²) in [5.74, 6) is 0. The van der Waals surface area contributed by atoms with Crippen LogP contribution in [0.3, 0.4) is 0 Å². The van der Waals surface area contributed by atoms with Crippen molar-refractivity contribution in [2.24, 2.45) is 0 Å². The largest absolute Gasteiger partial charge is 0 e. The molecule has 0 aromatic carbocycles. The average Bonchev–Trinajstić information content (AvgIpc) is 0. The van der Waals surface area contributed by atoms with Crippen molar-refractivity contribution in [2.45, 2.75) is 0 Å². The molecule has 0 unspecified atom stereocenters. The maximum atomic E-state index is 0. The van der Waals surface area contributed by atoms with Crippen LogP contribution in [0.5, 0.6) is 0 Å². The second kappa shape index (κ2) is 37.2. The third kappa shape index (κ3) is 31.6. The summed E-state index contributed by atoms with van der Waals surface area (Å²) in [7, 11) is 0. The predicted octanol–water partition coefficient (Wildman–Crippen LogP) is -1.14. The summed E-state index contributed by atoms with van der Waals surface area (Å²) in [6, 6.07) is 0. The van der Waals surface area contributed by atoms with Crippen molar-refractivity contribution in [3.05, 3.63) is 0 Å². The molecule has 0 N–H and O–H groups in total. The molecule has 0 aromatic rings. The van der Waals surface area contributed by atoms with Crippen molar-refractivity contribution in [1.29, 1.82) is 0 Å². The van der Waals surface area contributed by atoms with Crippen molar-refractivity contribution in [3.8, 4) is 0 Å². The van der Waals surface area contributed by atoms with Gasteiger partial charge in [0.15, 0.2) is 0 Å². The van der Waals surface area contributed by atoms with Gasteiger partial charge in [-0.05, 0) is 0 Å². The summed E-state index contributed by atoms with van der Waals surface area (Å²) in [6.07, 6.45) is 0. The van der Waals surface area contributed by atoms with Crippen molar-refractivity contribution >= 4 is 73.3 Å². The number of rotatable bonds is 0. The minimum Gasteiger partial charge on any atom is 0 e. The molecule has 0 aliphatic carbocycles. The first-order chi connectivity index (χ1) is 0. The van der Waals surface area contributed by atoms with Crippen LogP contribution in [0.1, 0.15) is 0 Å². The molecule has 0 heterocycles. The SMILES string of the molecule is [Sb].[Sb].[Sb].[Sm].[Sm].[Sm].[Sm]. The first-order valence-corrected chi connectivity index (χ1v) is 0. The van der Waals surface area contributed by atoms with Crippen molar-refractivity contribution < 1.29 is 162 Å². The Kier molecular flexibility index (Phi) is 246. The molecular formula is Sb3Sm4. The monoisotopic (exact) mass is 970 g/mol. The molecule has 0 saturated carbocycles. The molecule has 0 rings (SSSR count). The molecule has 0 amide bonds. The van der Waals surface area contributed by atoms with Crippen LogP contribution < -0.4 is 0 Å². The van der Waals surface area contributed by atoms with Crippen LogP contribution in [0, 0.1) is 162 Å². The fraction of sp³-hybridized carbons (Fsp3) is 0. The minimum absolute atomic E-state index is 0. The van der Waals surface area contributed by atoms with Gasteiger partial charge in [-0.2, -0.15) is 0 Å². The minimum atomic E-state index is 0. The van der Waals surface area contributed by atoms with Gasteiger partial charge < -0.3 is 0 Å². The van der Waals surface area contributed by atoms with Crippen molar-refractivity contribution in [2.75, 3.05) is 0 Å². The Morgan fingerprint density at radius 1 is 0.286 bits per heavy atom. The van der Waals surface area contributed by atoms with Gasteiger partial charge in [0.1, 0.15) is 0 Å². The van der Waals surface area contributed by atoms with Gasteiger partial charge in [-0.25, -0.2) is 0 Å². The summed E-state index contributed by atoms with van der Waals surface area (Å²) in [6.45, 7) is 0. The number of hydrogen-bond acceptors (Lipinski definition) is 0. The van der Waals surface area contributed by atoms with E-state index in [1.807, 2.05) is 0 Å². The van der Waals surface area contributed by atoms with Crippen LogP contribution in [0.2, 0.25) is 0 Å². The van der Waals surface area contributed by atoms with Crippen LogP contribution >= 0.6 is 0 Å². The maximum Gasteiger partial charge on any atom is 0 e. The third-order valence-electron chi connectivity index (χ3n) is 0. The van der Waals surface area contributed by atoms with E-state index in [4.69, 9.17) is 0 Å². The van der Waals surface area contributed by atoms with Crippen LogP contribution in [0.25, 0.3) is 0 Å². The van der Waals surface area contributed by atoms with Crippen LogP contribution in [-0.4, -0.2) is 73.3 Å². The first-order valence-electron chi connectivity index (χ1n) is 0. The molecule has 39 valence electrons. The zero-order valence-electron chi connectivity index (χ0n) is 2.97. The zero-order valence-corrected chi connectivity index (χ0v) is 21.1. The van der Waals surface area contributed by atoms with Crippen molar-refractivity contribution in [3.63, 3.8) is 0 Å². The fourth-order valence-corrected chi connectivity index (χ4v) is 0. The van der Waals surface area contributed by atoms with Gasteiger partial charge in [0.25, 0.3) is 0 Å². The molecule has 0 saturated heterocycles. The maximum absolute atomic E-state index is 0. The molecule has 0 nitrogen and oxygen atoms in total. The Morgan fingerprint density at radius 2 is 0.286 bits per heavy atom. The first kappa shape index (κ1) is 46.3. The Morgan fingerprint density at radius 3 is 0.286 bits per heavy atom. The van der Waals surface area contributed by atoms with E-state index in [0.29, 0.717) is 0 Å². The van der Waals surface area contributed by atoms with Gasteiger partial charge >= 0.3 is 0 Å². The zero-order chi connectivity index (χ0) is 0. The second-order valence-corrected chi connectivity index (χ2v) is 0. The quantitative estimate of drug-likeness (QED) is 0.270. The molecule has 7 heteroatoms. The van der Waals surface area contributed by atoms with E-state index < -0.39 is 0 Å². The Bertz CT molecular complexity index is 6.90. The van der Waals surface area contributed by atoms with Gasteiger partial charge in [-0.15, -0.1) is 0 Å². The van der Waals surface area contributed by atoms with Gasteiger partial charge in [-0.1, -0.05) is 0 Å². The molecule has 0 aromatic heterocycles. The average molecular weight is 967 g/mol.